The van der Waals surface area contributed by atoms with Crippen molar-refractivity contribution in [2.45, 2.75) is 38.8 Å². The van der Waals surface area contributed by atoms with Crippen molar-refractivity contribution < 1.29 is 18.8 Å². The number of thioether (sulfide) groups is 1. The fraction of sp³-hybridized carbons (Fsp3) is 0.233. The van der Waals surface area contributed by atoms with E-state index in [2.05, 4.69) is 22.5 Å². The van der Waals surface area contributed by atoms with Gasteiger partial charge in [0.05, 0.1) is 11.4 Å². The molecule has 8 nitrogen and oxygen atoms in total. The van der Waals surface area contributed by atoms with E-state index in [1.165, 1.54) is 29.5 Å². The summed E-state index contributed by atoms with van der Waals surface area (Å²) in [7, 11) is 0. The van der Waals surface area contributed by atoms with Crippen LogP contribution in [0.3, 0.4) is 0 Å². The lowest BCUT2D eigenvalue weighted by Gasteiger charge is -2.31. The summed E-state index contributed by atoms with van der Waals surface area (Å²) in [6, 6.07) is 20.3. The lowest BCUT2D eigenvalue weighted by Crippen LogP contribution is -2.44. The van der Waals surface area contributed by atoms with Gasteiger partial charge in [-0.15, -0.1) is 0 Å². The minimum atomic E-state index is -0.712. The van der Waals surface area contributed by atoms with Gasteiger partial charge in [0.15, 0.2) is 5.17 Å². The number of amides is 3. The number of anilines is 1. The zero-order chi connectivity index (χ0) is 28.1. The van der Waals surface area contributed by atoms with E-state index in [-0.39, 0.29) is 48.7 Å². The Morgan fingerprint density at radius 2 is 1.68 bits per heavy atom. The van der Waals surface area contributed by atoms with Crippen LogP contribution >= 0.6 is 11.8 Å². The summed E-state index contributed by atoms with van der Waals surface area (Å²) in [5.41, 5.74) is 4.06. The van der Waals surface area contributed by atoms with E-state index < -0.39 is 6.04 Å². The van der Waals surface area contributed by atoms with E-state index in [1.807, 2.05) is 48.5 Å². The smallest absolute Gasteiger partial charge is 0.270 e. The molecule has 2 aliphatic heterocycles. The Morgan fingerprint density at radius 3 is 2.42 bits per heavy atom. The second-order valence-electron chi connectivity index (χ2n) is 9.40. The van der Waals surface area contributed by atoms with Gasteiger partial charge in [0.25, 0.3) is 5.91 Å². The predicted octanol–water partition coefficient (Wildman–Crippen LogP) is 4.82. The first kappa shape index (κ1) is 27.3. The molecule has 3 amide bonds. The Hall–Kier alpha value is -4.31. The fourth-order valence-corrected chi connectivity index (χ4v) is 5.33. The molecule has 3 aromatic rings. The van der Waals surface area contributed by atoms with Gasteiger partial charge in [-0.05, 0) is 60.4 Å². The molecule has 5 rings (SSSR count). The number of aryl methyl sites for hydroxylation is 1. The van der Waals surface area contributed by atoms with E-state index in [1.54, 1.807) is 17.0 Å². The Balaban J connectivity index is 1.25. The summed E-state index contributed by atoms with van der Waals surface area (Å²) < 4.78 is 13.1. The van der Waals surface area contributed by atoms with Crippen LogP contribution in [0.4, 0.5) is 15.8 Å². The Morgan fingerprint density at radius 1 is 0.950 bits per heavy atom. The largest absolute Gasteiger partial charge is 0.352 e. The van der Waals surface area contributed by atoms with Gasteiger partial charge in [-0.25, -0.2) is 9.38 Å². The van der Waals surface area contributed by atoms with Crippen molar-refractivity contribution in [3.63, 3.8) is 0 Å². The van der Waals surface area contributed by atoms with Crippen molar-refractivity contribution in [2.75, 3.05) is 11.1 Å². The third-order valence-corrected chi connectivity index (χ3v) is 7.59. The molecule has 0 aromatic heterocycles. The van der Waals surface area contributed by atoms with E-state index in [4.69, 9.17) is 4.99 Å². The first-order valence-electron chi connectivity index (χ1n) is 13.0. The summed E-state index contributed by atoms with van der Waals surface area (Å²) in [6.07, 6.45) is 1.23. The van der Waals surface area contributed by atoms with E-state index in [0.29, 0.717) is 22.4 Å². The van der Waals surface area contributed by atoms with Crippen LogP contribution < -0.4 is 10.6 Å². The second-order valence-corrected chi connectivity index (χ2v) is 10.3. The number of halogens is 1. The maximum Gasteiger partial charge on any atom is 0.270 e. The minimum Gasteiger partial charge on any atom is -0.352 e. The zero-order valence-electron chi connectivity index (χ0n) is 21.9. The number of fused-ring (bicyclic) bond motifs is 3. The van der Waals surface area contributed by atoms with Crippen molar-refractivity contribution in [1.29, 1.82) is 0 Å². The minimum absolute atomic E-state index is 0.0827. The number of nitrogens with one attached hydrogen (secondary N) is 2. The summed E-state index contributed by atoms with van der Waals surface area (Å²) >= 11 is 1.22. The van der Waals surface area contributed by atoms with Crippen LogP contribution in [0.5, 0.6) is 0 Å². The number of rotatable bonds is 9. The van der Waals surface area contributed by atoms with Crippen LogP contribution in [-0.4, -0.2) is 45.4 Å². The van der Waals surface area contributed by atoms with Gasteiger partial charge in [-0.2, -0.15) is 4.99 Å². The highest BCUT2D eigenvalue weighted by atomic mass is 32.2. The fourth-order valence-electron chi connectivity index (χ4n) is 4.49. The number of benzene rings is 3. The van der Waals surface area contributed by atoms with Gasteiger partial charge in [-0.3, -0.25) is 19.3 Å². The van der Waals surface area contributed by atoms with Gasteiger partial charge in [0.2, 0.25) is 11.8 Å². The maximum atomic E-state index is 13.1. The summed E-state index contributed by atoms with van der Waals surface area (Å²) in [5, 5.41) is 6.19. The van der Waals surface area contributed by atoms with E-state index in [9.17, 15) is 18.8 Å². The van der Waals surface area contributed by atoms with Crippen molar-refractivity contribution in [3.05, 3.63) is 95.3 Å². The molecule has 1 unspecified atom stereocenters. The average molecular weight is 558 g/mol. The number of nitrogens with zero attached hydrogens (tertiary/aromatic N) is 3. The highest BCUT2D eigenvalue weighted by Crippen LogP contribution is 2.35. The molecular formula is C30H28FN5O3S. The normalized spacial score (nSPS) is 15.6. The molecule has 10 heteroatoms. The first-order valence-corrected chi connectivity index (χ1v) is 14.0. The van der Waals surface area contributed by atoms with Crippen LogP contribution in [0, 0.1) is 5.82 Å². The molecule has 0 aliphatic carbocycles. The molecule has 3 aromatic carbocycles. The van der Waals surface area contributed by atoms with Crippen molar-refractivity contribution in [1.82, 2.24) is 10.2 Å². The van der Waals surface area contributed by atoms with Gasteiger partial charge in [0, 0.05) is 24.2 Å². The predicted molar refractivity (Wildman–Crippen MR) is 155 cm³/mol. The number of hydrogen-bond acceptors (Lipinski definition) is 6. The van der Waals surface area contributed by atoms with Crippen LogP contribution in [-0.2, 0) is 27.3 Å². The third kappa shape index (κ3) is 6.28. The highest BCUT2D eigenvalue weighted by Gasteiger charge is 2.41. The number of para-hydroxylation sites is 1. The topological polar surface area (TPSA) is 103 Å². The number of amidine groups is 2. The molecule has 1 atom stereocenters. The zero-order valence-corrected chi connectivity index (χ0v) is 22.7. The monoisotopic (exact) mass is 557 g/mol. The molecule has 0 saturated heterocycles. The molecule has 204 valence electrons. The van der Waals surface area contributed by atoms with Crippen LogP contribution in [0.1, 0.15) is 36.5 Å². The standard InChI is InChI=1S/C30H28FN5O3S/c1-2-19-9-13-22(14-10-19)33-27(38)18-40-30-34-24-6-4-3-5-23(24)28-35-29(39)25(36(28)30)15-16-26(37)32-17-20-7-11-21(31)12-8-20/h3-14,25H,2,15-18H2,1H3,(H,32,37)(H,33,38). The number of carbonyl (C=O) groups is 3. The SMILES string of the molecule is CCc1ccc(NC(=O)CSC2=Nc3ccccc3C3=NC(=O)C(CCC(=O)NCc4ccc(F)cc4)N23)cc1. The number of carbonyl (C=O) groups excluding carboxylic acids is 3. The second kappa shape index (κ2) is 12.3. The lowest BCUT2D eigenvalue weighted by molar-refractivity contribution is -0.122. The van der Waals surface area contributed by atoms with E-state index >= 15 is 0 Å². The molecular weight excluding hydrogens is 529 g/mol. The molecule has 0 radical (unpaired) electrons. The van der Waals surface area contributed by atoms with Gasteiger partial charge in [0.1, 0.15) is 17.7 Å². The highest BCUT2D eigenvalue weighted by molar-refractivity contribution is 8.14. The number of aliphatic imine (C=N–C) groups is 2. The lowest BCUT2D eigenvalue weighted by atomic mass is 10.1. The third-order valence-electron chi connectivity index (χ3n) is 6.63. The van der Waals surface area contributed by atoms with Gasteiger partial charge in [-0.1, -0.05) is 55.1 Å². The van der Waals surface area contributed by atoms with Gasteiger partial charge < -0.3 is 10.6 Å². The maximum absolute atomic E-state index is 13.1. The summed E-state index contributed by atoms with van der Waals surface area (Å²) in [5.74, 6) is -0.567. The molecule has 0 saturated carbocycles. The molecule has 0 bridgehead atoms. The quantitative estimate of drug-likeness (QED) is 0.393. The number of hydrogen-bond donors (Lipinski definition) is 2. The van der Waals surface area contributed by atoms with Crippen LogP contribution in [0.2, 0.25) is 0 Å². The molecule has 2 N–H and O–H groups in total. The van der Waals surface area contributed by atoms with Gasteiger partial charge >= 0.3 is 0 Å². The molecule has 40 heavy (non-hydrogen) atoms. The van der Waals surface area contributed by atoms with Crippen LogP contribution in [0.15, 0.2) is 82.8 Å². The van der Waals surface area contributed by atoms with Crippen LogP contribution in [0.25, 0.3) is 0 Å². The van der Waals surface area contributed by atoms with E-state index in [0.717, 1.165) is 17.5 Å². The van der Waals surface area contributed by atoms with Crippen molar-refractivity contribution in [3.8, 4) is 0 Å². The average Bonchev–Trinajstić information content (AvgIpc) is 3.31. The molecule has 0 fully saturated rings. The Bertz CT molecular complexity index is 1490. The summed E-state index contributed by atoms with van der Waals surface area (Å²) in [6.45, 7) is 2.33. The molecule has 2 aliphatic rings. The Labute approximate surface area is 235 Å². The summed E-state index contributed by atoms with van der Waals surface area (Å²) in [4.78, 5) is 49.1. The Kier molecular flexibility index (Phi) is 8.35. The van der Waals surface area contributed by atoms with Crippen molar-refractivity contribution >= 4 is 51.9 Å². The molecule has 0 spiro atoms. The van der Waals surface area contributed by atoms with Crippen molar-refractivity contribution in [2.24, 2.45) is 9.98 Å². The first-order chi connectivity index (χ1) is 19.4. The molecule has 2 heterocycles.